The third kappa shape index (κ3) is 5.67. The van der Waals surface area contributed by atoms with Crippen molar-refractivity contribution in [2.45, 2.75) is 57.5 Å². The molecule has 186 valence electrons. The molecule has 3 rings (SSSR count). The minimum atomic E-state index is -3.69. The van der Waals surface area contributed by atoms with Crippen molar-refractivity contribution < 1.29 is 18.0 Å². The molecule has 0 saturated carbocycles. The Balaban J connectivity index is 1.70. The molecule has 9 nitrogen and oxygen atoms in total. The fourth-order valence-electron chi connectivity index (χ4n) is 4.29. The van der Waals surface area contributed by atoms with Crippen LogP contribution in [0.25, 0.3) is 0 Å². The van der Waals surface area contributed by atoms with Gasteiger partial charge >= 0.3 is 0 Å². The number of likely N-dealkylation sites (tertiary alicyclic amines) is 1. The third-order valence-corrected chi connectivity index (χ3v) is 8.38. The highest BCUT2D eigenvalue weighted by Gasteiger charge is 2.32. The van der Waals surface area contributed by atoms with E-state index in [0.717, 1.165) is 12.8 Å². The maximum atomic E-state index is 13.3. The van der Waals surface area contributed by atoms with Gasteiger partial charge < -0.3 is 10.2 Å². The summed E-state index contributed by atoms with van der Waals surface area (Å²) in [6, 6.07) is 7.44. The van der Waals surface area contributed by atoms with Crippen LogP contribution in [0.15, 0.2) is 47.6 Å². The second-order valence-electron chi connectivity index (χ2n) is 8.85. The van der Waals surface area contributed by atoms with Gasteiger partial charge in [-0.1, -0.05) is 33.8 Å². The van der Waals surface area contributed by atoms with Crippen LogP contribution in [0.3, 0.4) is 0 Å². The Labute approximate surface area is 202 Å². The molecule has 1 N–H and O–H groups in total. The van der Waals surface area contributed by atoms with E-state index in [1.165, 1.54) is 16.4 Å². The Hall–Kier alpha value is -2.72. The smallest absolute Gasteiger partial charge is 0.251 e. The van der Waals surface area contributed by atoms with E-state index in [1.54, 1.807) is 37.1 Å². The summed E-state index contributed by atoms with van der Waals surface area (Å²) in [5.74, 6) is -0.702. The van der Waals surface area contributed by atoms with Crippen LogP contribution in [0.1, 0.15) is 56.9 Å². The summed E-state index contributed by atoms with van der Waals surface area (Å²) in [6.07, 6.45) is 5.30. The van der Waals surface area contributed by atoms with Crippen LogP contribution in [-0.2, 0) is 14.8 Å². The molecule has 0 spiro atoms. The highest BCUT2D eigenvalue weighted by molar-refractivity contribution is 7.89. The number of hydrogen-bond acceptors (Lipinski definition) is 5. The lowest BCUT2D eigenvalue weighted by Gasteiger charge is -2.35. The van der Waals surface area contributed by atoms with E-state index >= 15 is 0 Å². The summed E-state index contributed by atoms with van der Waals surface area (Å²) < 4.78 is 29.0. The first kappa shape index (κ1) is 25.9. The number of carbonyl (C=O) groups excluding carboxylic acids is 2. The highest BCUT2D eigenvalue weighted by atomic mass is 32.2. The quantitative estimate of drug-likeness (QED) is 0.583. The summed E-state index contributed by atoms with van der Waals surface area (Å²) >= 11 is 0. The summed E-state index contributed by atoms with van der Waals surface area (Å²) in [6.45, 7) is 9.20. The van der Waals surface area contributed by atoms with Crippen molar-refractivity contribution in [2.24, 2.45) is 5.92 Å². The standard InChI is InChI=1S/C24H35N5O4S/c1-5-28(6-2)34(32,33)21-10-7-9-19(17-21)23(30)26-22(18(3)4)24(31)27-15-11-20(12-16-27)29-14-8-13-25-29/h7-10,13-14,17-18,20,22H,5-6,11-12,15-16H2,1-4H3,(H,26,30). The van der Waals surface area contributed by atoms with E-state index in [0.29, 0.717) is 26.2 Å². The molecule has 1 aromatic heterocycles. The molecule has 34 heavy (non-hydrogen) atoms. The van der Waals surface area contributed by atoms with Crippen LogP contribution < -0.4 is 5.32 Å². The normalized spacial score (nSPS) is 16.1. The molecule has 10 heteroatoms. The zero-order valence-corrected chi connectivity index (χ0v) is 21.2. The van der Waals surface area contributed by atoms with Gasteiger partial charge in [-0.05, 0) is 43.0 Å². The number of piperidine rings is 1. The van der Waals surface area contributed by atoms with Crippen molar-refractivity contribution in [1.29, 1.82) is 0 Å². The number of hydrogen-bond donors (Lipinski definition) is 1. The predicted molar refractivity (Wildman–Crippen MR) is 130 cm³/mol. The molecule has 2 aromatic rings. The van der Waals surface area contributed by atoms with E-state index in [9.17, 15) is 18.0 Å². The van der Waals surface area contributed by atoms with Crippen molar-refractivity contribution >= 4 is 21.8 Å². The molecule has 1 aliphatic heterocycles. The van der Waals surface area contributed by atoms with Gasteiger partial charge in [0.15, 0.2) is 0 Å². The van der Waals surface area contributed by atoms with E-state index in [-0.39, 0.29) is 28.3 Å². The molecule has 1 aromatic carbocycles. The predicted octanol–water partition coefficient (Wildman–Crippen LogP) is 2.53. The van der Waals surface area contributed by atoms with Crippen molar-refractivity contribution in [3.63, 3.8) is 0 Å². The van der Waals surface area contributed by atoms with E-state index in [1.807, 2.05) is 30.8 Å². The zero-order chi connectivity index (χ0) is 24.9. The highest BCUT2D eigenvalue weighted by Crippen LogP contribution is 2.23. The first-order chi connectivity index (χ1) is 16.2. The molecule has 1 aliphatic rings. The van der Waals surface area contributed by atoms with Crippen LogP contribution in [0.5, 0.6) is 0 Å². The van der Waals surface area contributed by atoms with Crippen LogP contribution in [0, 0.1) is 5.92 Å². The maximum Gasteiger partial charge on any atom is 0.251 e. The van der Waals surface area contributed by atoms with Gasteiger partial charge in [-0.25, -0.2) is 8.42 Å². The van der Waals surface area contributed by atoms with Gasteiger partial charge in [0, 0.05) is 44.1 Å². The minimum absolute atomic E-state index is 0.0666. The summed E-state index contributed by atoms with van der Waals surface area (Å²) in [5, 5.41) is 7.15. The zero-order valence-electron chi connectivity index (χ0n) is 20.3. The van der Waals surface area contributed by atoms with Gasteiger partial charge in [-0.3, -0.25) is 14.3 Å². The lowest BCUT2D eigenvalue weighted by Crippen LogP contribution is -2.53. The number of aromatic nitrogens is 2. The van der Waals surface area contributed by atoms with Crippen molar-refractivity contribution in [1.82, 2.24) is 24.3 Å². The number of nitrogens with one attached hydrogen (secondary N) is 1. The SMILES string of the molecule is CCN(CC)S(=O)(=O)c1cccc(C(=O)NC(C(=O)N2CCC(n3cccn3)CC2)C(C)C)c1. The molecule has 0 bridgehead atoms. The number of nitrogens with zero attached hydrogens (tertiary/aromatic N) is 4. The Kier molecular flexibility index (Phi) is 8.48. The summed E-state index contributed by atoms with van der Waals surface area (Å²) in [5.41, 5.74) is 0.212. The fraction of sp³-hybridized carbons (Fsp3) is 0.542. The number of rotatable bonds is 9. The molecule has 1 saturated heterocycles. The number of benzene rings is 1. The lowest BCUT2D eigenvalue weighted by molar-refractivity contribution is -0.135. The minimum Gasteiger partial charge on any atom is -0.341 e. The van der Waals surface area contributed by atoms with Gasteiger partial charge in [-0.15, -0.1) is 0 Å². The van der Waals surface area contributed by atoms with Gasteiger partial charge in [0.25, 0.3) is 5.91 Å². The number of sulfonamides is 1. The summed E-state index contributed by atoms with van der Waals surface area (Å²) in [4.78, 5) is 28.2. The van der Waals surface area contributed by atoms with Crippen molar-refractivity contribution in [3.8, 4) is 0 Å². The van der Waals surface area contributed by atoms with Crippen LogP contribution in [-0.4, -0.2) is 71.4 Å². The molecule has 0 aliphatic carbocycles. The first-order valence-corrected chi connectivity index (χ1v) is 13.3. The maximum absolute atomic E-state index is 13.3. The van der Waals surface area contributed by atoms with Gasteiger partial charge in [0.1, 0.15) is 6.04 Å². The Morgan fingerprint density at radius 2 is 1.82 bits per heavy atom. The Morgan fingerprint density at radius 3 is 2.38 bits per heavy atom. The Bertz CT molecular complexity index is 1070. The molecule has 1 fully saturated rings. The van der Waals surface area contributed by atoms with E-state index < -0.39 is 22.0 Å². The van der Waals surface area contributed by atoms with E-state index in [4.69, 9.17) is 0 Å². The number of amides is 2. The first-order valence-electron chi connectivity index (χ1n) is 11.9. The molecule has 0 radical (unpaired) electrons. The topological polar surface area (TPSA) is 105 Å². The molecule has 2 heterocycles. The van der Waals surface area contributed by atoms with Crippen LogP contribution in [0.4, 0.5) is 0 Å². The van der Waals surface area contributed by atoms with Crippen LogP contribution in [0.2, 0.25) is 0 Å². The third-order valence-electron chi connectivity index (χ3n) is 6.33. The second-order valence-corrected chi connectivity index (χ2v) is 10.8. The van der Waals surface area contributed by atoms with Crippen LogP contribution >= 0.6 is 0 Å². The van der Waals surface area contributed by atoms with Gasteiger partial charge in [-0.2, -0.15) is 9.40 Å². The van der Waals surface area contributed by atoms with Gasteiger partial charge in [0.05, 0.1) is 10.9 Å². The average molecular weight is 490 g/mol. The second kappa shape index (κ2) is 11.1. The molecular formula is C24H35N5O4S. The van der Waals surface area contributed by atoms with Crippen molar-refractivity contribution in [3.05, 3.63) is 48.3 Å². The van der Waals surface area contributed by atoms with Gasteiger partial charge in [0.2, 0.25) is 15.9 Å². The number of carbonyl (C=O) groups is 2. The fourth-order valence-corrected chi connectivity index (χ4v) is 5.80. The van der Waals surface area contributed by atoms with Crippen molar-refractivity contribution in [2.75, 3.05) is 26.2 Å². The Morgan fingerprint density at radius 1 is 1.15 bits per heavy atom. The molecular weight excluding hydrogens is 454 g/mol. The van der Waals surface area contributed by atoms with E-state index in [2.05, 4.69) is 10.4 Å². The monoisotopic (exact) mass is 489 g/mol. The summed E-state index contributed by atoms with van der Waals surface area (Å²) in [7, 11) is -3.69. The average Bonchev–Trinajstić information content (AvgIpc) is 3.37. The largest absolute Gasteiger partial charge is 0.341 e. The molecule has 1 atom stereocenters. The molecule has 2 amide bonds. The molecule has 1 unspecified atom stereocenters. The lowest BCUT2D eigenvalue weighted by atomic mass is 9.99.